The fourth-order valence-electron chi connectivity index (χ4n) is 3.21. The third kappa shape index (κ3) is 3.29. The molecule has 1 saturated carbocycles. The molecule has 0 bridgehead atoms. The van der Waals surface area contributed by atoms with Crippen molar-refractivity contribution >= 4 is 5.78 Å². The number of piperidine rings is 1. The number of rotatable bonds is 4. The summed E-state index contributed by atoms with van der Waals surface area (Å²) in [7, 11) is 1.78. The van der Waals surface area contributed by atoms with Gasteiger partial charge in [0.1, 0.15) is 5.78 Å². The number of nitrogens with zero attached hydrogens (tertiary/aromatic N) is 1. The summed E-state index contributed by atoms with van der Waals surface area (Å²) >= 11 is 0. The van der Waals surface area contributed by atoms with Crippen LogP contribution in [0.25, 0.3) is 0 Å². The van der Waals surface area contributed by atoms with E-state index >= 15 is 0 Å². The molecule has 98 valence electrons. The van der Waals surface area contributed by atoms with Crippen LogP contribution in [0.1, 0.15) is 45.4 Å². The number of ether oxygens (including phenoxy) is 1. The monoisotopic (exact) mass is 239 g/mol. The number of hydrogen-bond acceptors (Lipinski definition) is 3. The first-order valence-corrected chi connectivity index (χ1v) is 6.93. The standard InChI is InChI=1S/C14H25NO2/c1-14(17-2)8-5-9-15(11-14)10-13(16)12-6-3-4-7-12/h12H,3-11H2,1-2H3. The summed E-state index contributed by atoms with van der Waals surface area (Å²) in [5.41, 5.74) is -0.0474. The van der Waals surface area contributed by atoms with Crippen LogP contribution in [-0.4, -0.2) is 43.0 Å². The first-order valence-electron chi connectivity index (χ1n) is 6.93. The number of ketones is 1. The van der Waals surface area contributed by atoms with E-state index in [-0.39, 0.29) is 5.60 Å². The second-order valence-electron chi connectivity index (χ2n) is 5.92. The molecular weight excluding hydrogens is 214 g/mol. The number of likely N-dealkylation sites (tertiary alicyclic amines) is 1. The van der Waals surface area contributed by atoms with Crippen molar-refractivity contribution in [2.45, 2.75) is 51.0 Å². The van der Waals surface area contributed by atoms with Crippen LogP contribution in [0.4, 0.5) is 0 Å². The largest absolute Gasteiger partial charge is 0.377 e. The summed E-state index contributed by atoms with van der Waals surface area (Å²) in [5, 5.41) is 0. The molecule has 0 aromatic carbocycles. The lowest BCUT2D eigenvalue weighted by atomic mass is 9.93. The maximum absolute atomic E-state index is 12.1. The molecule has 17 heavy (non-hydrogen) atoms. The van der Waals surface area contributed by atoms with Crippen molar-refractivity contribution in [1.82, 2.24) is 4.90 Å². The molecule has 1 saturated heterocycles. The van der Waals surface area contributed by atoms with Gasteiger partial charge in [-0.15, -0.1) is 0 Å². The third-order valence-corrected chi connectivity index (χ3v) is 4.42. The smallest absolute Gasteiger partial charge is 0.149 e. The van der Waals surface area contributed by atoms with E-state index < -0.39 is 0 Å². The summed E-state index contributed by atoms with van der Waals surface area (Å²) in [6.07, 6.45) is 6.97. The lowest BCUT2D eigenvalue weighted by Gasteiger charge is -2.39. The maximum atomic E-state index is 12.1. The molecule has 1 unspecified atom stereocenters. The molecule has 1 atom stereocenters. The Balaban J connectivity index is 1.83. The van der Waals surface area contributed by atoms with Gasteiger partial charge >= 0.3 is 0 Å². The van der Waals surface area contributed by atoms with Gasteiger partial charge in [-0.1, -0.05) is 12.8 Å². The lowest BCUT2D eigenvalue weighted by molar-refractivity contribution is -0.126. The average Bonchev–Trinajstić information content (AvgIpc) is 2.82. The molecule has 1 heterocycles. The van der Waals surface area contributed by atoms with Gasteiger partial charge in [0.15, 0.2) is 0 Å². The Morgan fingerprint density at radius 3 is 2.71 bits per heavy atom. The number of carbonyl (C=O) groups excluding carboxylic acids is 1. The molecule has 0 spiro atoms. The Morgan fingerprint density at radius 1 is 1.35 bits per heavy atom. The quantitative estimate of drug-likeness (QED) is 0.753. The van der Waals surface area contributed by atoms with Gasteiger partial charge in [0.2, 0.25) is 0 Å². The van der Waals surface area contributed by atoms with Crippen molar-refractivity contribution in [3.63, 3.8) is 0 Å². The van der Waals surface area contributed by atoms with Crippen molar-refractivity contribution in [1.29, 1.82) is 0 Å². The SMILES string of the molecule is COC1(C)CCCN(CC(=O)C2CCCC2)C1. The van der Waals surface area contributed by atoms with Gasteiger partial charge in [0.25, 0.3) is 0 Å². The van der Waals surface area contributed by atoms with Gasteiger partial charge in [-0.3, -0.25) is 9.69 Å². The van der Waals surface area contributed by atoms with Crippen LogP contribution in [-0.2, 0) is 9.53 Å². The Kier molecular flexibility index (Phi) is 4.21. The molecule has 2 fully saturated rings. The van der Waals surface area contributed by atoms with Crippen LogP contribution in [0.3, 0.4) is 0 Å². The average molecular weight is 239 g/mol. The molecule has 1 aliphatic heterocycles. The Hall–Kier alpha value is -0.410. The summed E-state index contributed by atoms with van der Waals surface area (Å²) in [4.78, 5) is 14.4. The van der Waals surface area contributed by atoms with Crippen molar-refractivity contribution in [2.24, 2.45) is 5.92 Å². The molecule has 0 amide bonds. The maximum Gasteiger partial charge on any atom is 0.149 e. The zero-order valence-corrected chi connectivity index (χ0v) is 11.2. The van der Waals surface area contributed by atoms with Gasteiger partial charge < -0.3 is 4.74 Å². The molecular formula is C14H25NO2. The fraction of sp³-hybridized carbons (Fsp3) is 0.929. The second-order valence-corrected chi connectivity index (χ2v) is 5.92. The van der Waals surface area contributed by atoms with Crippen LogP contribution in [0.15, 0.2) is 0 Å². The summed E-state index contributed by atoms with van der Waals surface area (Å²) < 4.78 is 5.56. The zero-order chi connectivity index (χ0) is 12.3. The van der Waals surface area contributed by atoms with Crippen LogP contribution in [0.5, 0.6) is 0 Å². The van der Waals surface area contributed by atoms with Gasteiger partial charge in [-0.2, -0.15) is 0 Å². The summed E-state index contributed by atoms with van der Waals surface area (Å²) in [6, 6.07) is 0. The van der Waals surface area contributed by atoms with Crippen LogP contribution in [0, 0.1) is 5.92 Å². The highest BCUT2D eigenvalue weighted by Crippen LogP contribution is 2.27. The third-order valence-electron chi connectivity index (χ3n) is 4.42. The van der Waals surface area contributed by atoms with Crippen molar-refractivity contribution in [3.8, 4) is 0 Å². The van der Waals surface area contributed by atoms with Crippen molar-refractivity contribution < 1.29 is 9.53 Å². The van der Waals surface area contributed by atoms with Crippen LogP contribution >= 0.6 is 0 Å². The van der Waals surface area contributed by atoms with E-state index in [1.807, 2.05) is 0 Å². The van der Waals surface area contributed by atoms with E-state index in [1.165, 1.54) is 12.8 Å². The molecule has 0 aromatic rings. The number of hydrogen-bond donors (Lipinski definition) is 0. The number of carbonyl (C=O) groups is 1. The Morgan fingerprint density at radius 2 is 2.06 bits per heavy atom. The Bertz CT molecular complexity index is 273. The van der Waals surface area contributed by atoms with Gasteiger partial charge in [-0.25, -0.2) is 0 Å². The minimum absolute atomic E-state index is 0.0474. The summed E-state index contributed by atoms with van der Waals surface area (Å²) in [5.74, 6) is 0.814. The molecule has 3 nitrogen and oxygen atoms in total. The van der Waals surface area contributed by atoms with E-state index in [2.05, 4.69) is 11.8 Å². The lowest BCUT2D eigenvalue weighted by Crippen LogP contribution is -2.49. The zero-order valence-electron chi connectivity index (χ0n) is 11.2. The highest BCUT2D eigenvalue weighted by molar-refractivity contribution is 5.83. The first kappa shape index (κ1) is 13.0. The van der Waals surface area contributed by atoms with Crippen molar-refractivity contribution in [3.05, 3.63) is 0 Å². The minimum atomic E-state index is -0.0474. The molecule has 1 aliphatic carbocycles. The van der Waals surface area contributed by atoms with Gasteiger partial charge in [-0.05, 0) is 39.2 Å². The molecule has 2 aliphatic rings. The number of Topliss-reactive ketones (excluding diaryl/α,β-unsaturated/α-hetero) is 1. The van der Waals surface area contributed by atoms with E-state index in [0.717, 1.165) is 38.8 Å². The van der Waals surface area contributed by atoms with Gasteiger partial charge in [0, 0.05) is 19.6 Å². The highest BCUT2D eigenvalue weighted by Gasteiger charge is 2.32. The molecule has 0 N–H and O–H groups in total. The number of methoxy groups -OCH3 is 1. The second kappa shape index (κ2) is 5.49. The van der Waals surface area contributed by atoms with Crippen molar-refractivity contribution in [2.75, 3.05) is 26.7 Å². The molecule has 0 aromatic heterocycles. The van der Waals surface area contributed by atoms with Crippen LogP contribution < -0.4 is 0 Å². The normalized spacial score (nSPS) is 31.9. The predicted octanol–water partition coefficient (Wildman–Crippen LogP) is 2.25. The first-order chi connectivity index (χ1) is 8.13. The predicted molar refractivity (Wildman–Crippen MR) is 68.1 cm³/mol. The van der Waals surface area contributed by atoms with E-state index in [0.29, 0.717) is 18.2 Å². The molecule has 2 rings (SSSR count). The topological polar surface area (TPSA) is 29.5 Å². The van der Waals surface area contributed by atoms with E-state index in [9.17, 15) is 4.79 Å². The molecule has 3 heteroatoms. The minimum Gasteiger partial charge on any atom is -0.377 e. The fourth-order valence-corrected chi connectivity index (χ4v) is 3.21. The van der Waals surface area contributed by atoms with E-state index in [4.69, 9.17) is 4.74 Å². The molecule has 0 radical (unpaired) electrons. The Labute approximate surface area is 105 Å². The highest BCUT2D eigenvalue weighted by atomic mass is 16.5. The van der Waals surface area contributed by atoms with Crippen LogP contribution in [0.2, 0.25) is 0 Å². The van der Waals surface area contributed by atoms with Gasteiger partial charge in [0.05, 0.1) is 12.1 Å². The summed E-state index contributed by atoms with van der Waals surface area (Å²) in [6.45, 7) is 4.75. The van der Waals surface area contributed by atoms with E-state index in [1.54, 1.807) is 7.11 Å².